The molecule has 0 aliphatic heterocycles. The SMILES string of the molecule is O=C(NCCCc1ncc[nH]1)NC1(C(=O)O)CCC1. The Kier molecular flexibility index (Phi) is 4.03. The highest BCUT2D eigenvalue weighted by Crippen LogP contribution is 2.31. The number of aromatic nitrogens is 2. The molecule has 0 aromatic carbocycles. The molecule has 0 saturated heterocycles. The van der Waals surface area contributed by atoms with Gasteiger partial charge in [-0.15, -0.1) is 0 Å². The molecule has 1 fully saturated rings. The zero-order chi connectivity index (χ0) is 13.7. The number of rotatable bonds is 6. The van der Waals surface area contributed by atoms with E-state index >= 15 is 0 Å². The monoisotopic (exact) mass is 266 g/mol. The van der Waals surface area contributed by atoms with Crippen LogP contribution in [0.15, 0.2) is 12.4 Å². The largest absolute Gasteiger partial charge is 0.480 e. The number of hydrogen-bond donors (Lipinski definition) is 4. The molecule has 1 aromatic rings. The number of aromatic amines is 1. The summed E-state index contributed by atoms with van der Waals surface area (Å²) < 4.78 is 0. The lowest BCUT2D eigenvalue weighted by Crippen LogP contribution is -2.61. The van der Waals surface area contributed by atoms with Gasteiger partial charge in [0.05, 0.1) is 0 Å². The van der Waals surface area contributed by atoms with Crippen molar-refractivity contribution in [3.05, 3.63) is 18.2 Å². The second-order valence-corrected chi connectivity index (χ2v) is 4.76. The highest BCUT2D eigenvalue weighted by molar-refractivity contribution is 5.87. The van der Waals surface area contributed by atoms with Crippen molar-refractivity contribution in [3.63, 3.8) is 0 Å². The highest BCUT2D eigenvalue weighted by Gasteiger charge is 2.45. The Morgan fingerprint density at radius 1 is 1.47 bits per heavy atom. The zero-order valence-corrected chi connectivity index (χ0v) is 10.6. The molecule has 2 amide bonds. The Bertz CT molecular complexity index is 440. The van der Waals surface area contributed by atoms with E-state index in [1.165, 1.54) is 0 Å². The molecule has 1 heterocycles. The molecule has 1 aromatic heterocycles. The van der Waals surface area contributed by atoms with Gasteiger partial charge in [0.2, 0.25) is 0 Å². The van der Waals surface area contributed by atoms with Crippen LogP contribution < -0.4 is 10.6 Å². The molecule has 0 spiro atoms. The molecule has 4 N–H and O–H groups in total. The maximum atomic E-state index is 11.6. The number of carbonyl (C=O) groups excluding carboxylic acids is 1. The number of H-pyrrole nitrogens is 1. The number of urea groups is 1. The van der Waals surface area contributed by atoms with Gasteiger partial charge in [-0.05, 0) is 25.7 Å². The highest BCUT2D eigenvalue weighted by atomic mass is 16.4. The third-order valence-corrected chi connectivity index (χ3v) is 3.40. The summed E-state index contributed by atoms with van der Waals surface area (Å²) in [6.45, 7) is 0.488. The fourth-order valence-corrected chi connectivity index (χ4v) is 2.08. The first-order chi connectivity index (χ1) is 9.12. The van der Waals surface area contributed by atoms with E-state index in [0.717, 1.165) is 25.1 Å². The van der Waals surface area contributed by atoms with Crippen LogP contribution in [-0.4, -0.2) is 39.2 Å². The van der Waals surface area contributed by atoms with Gasteiger partial charge in [0.25, 0.3) is 0 Å². The fraction of sp³-hybridized carbons (Fsp3) is 0.583. The van der Waals surface area contributed by atoms with Crippen LogP contribution in [-0.2, 0) is 11.2 Å². The maximum Gasteiger partial charge on any atom is 0.329 e. The predicted octanol–water partition coefficient (Wildman–Crippen LogP) is 0.649. The van der Waals surface area contributed by atoms with Crippen molar-refractivity contribution in [2.45, 2.75) is 37.6 Å². The van der Waals surface area contributed by atoms with E-state index in [-0.39, 0.29) is 0 Å². The van der Waals surface area contributed by atoms with E-state index in [1.807, 2.05) is 0 Å². The first-order valence-electron chi connectivity index (χ1n) is 6.40. The van der Waals surface area contributed by atoms with Crippen molar-refractivity contribution in [2.24, 2.45) is 0 Å². The zero-order valence-electron chi connectivity index (χ0n) is 10.6. The van der Waals surface area contributed by atoms with Crippen molar-refractivity contribution in [2.75, 3.05) is 6.54 Å². The van der Waals surface area contributed by atoms with E-state index in [4.69, 9.17) is 5.11 Å². The molecule has 104 valence electrons. The Labute approximate surface area is 110 Å². The lowest BCUT2D eigenvalue weighted by atomic mass is 9.77. The number of hydrogen-bond acceptors (Lipinski definition) is 3. The summed E-state index contributed by atoms with van der Waals surface area (Å²) in [6, 6.07) is -0.415. The first kappa shape index (κ1) is 13.4. The van der Waals surface area contributed by atoms with Crippen LogP contribution in [0.4, 0.5) is 4.79 Å². The first-order valence-corrected chi connectivity index (χ1v) is 6.40. The van der Waals surface area contributed by atoms with E-state index < -0.39 is 17.5 Å². The normalized spacial score (nSPS) is 16.4. The number of imidazole rings is 1. The molecule has 1 aliphatic carbocycles. The van der Waals surface area contributed by atoms with Crippen LogP contribution in [0.25, 0.3) is 0 Å². The third-order valence-electron chi connectivity index (χ3n) is 3.40. The van der Waals surface area contributed by atoms with Gasteiger partial charge >= 0.3 is 12.0 Å². The molecular weight excluding hydrogens is 248 g/mol. The second kappa shape index (κ2) is 5.73. The predicted molar refractivity (Wildman–Crippen MR) is 67.7 cm³/mol. The Morgan fingerprint density at radius 2 is 2.26 bits per heavy atom. The number of carbonyl (C=O) groups is 2. The number of aliphatic carboxylic acids is 1. The summed E-state index contributed by atoms with van der Waals surface area (Å²) in [5.41, 5.74) is -1.05. The average Bonchev–Trinajstić information content (AvgIpc) is 2.82. The minimum Gasteiger partial charge on any atom is -0.480 e. The Morgan fingerprint density at radius 3 is 2.79 bits per heavy atom. The van der Waals surface area contributed by atoms with Gasteiger partial charge in [0.15, 0.2) is 0 Å². The average molecular weight is 266 g/mol. The van der Waals surface area contributed by atoms with Gasteiger partial charge in [-0.3, -0.25) is 0 Å². The molecule has 2 rings (SSSR count). The summed E-state index contributed by atoms with van der Waals surface area (Å²) in [4.78, 5) is 29.7. The molecule has 19 heavy (non-hydrogen) atoms. The van der Waals surface area contributed by atoms with E-state index in [0.29, 0.717) is 19.4 Å². The van der Waals surface area contributed by atoms with Gasteiger partial charge < -0.3 is 20.7 Å². The molecular formula is C12H18N4O3. The van der Waals surface area contributed by atoms with E-state index in [2.05, 4.69) is 20.6 Å². The van der Waals surface area contributed by atoms with Gasteiger partial charge in [0, 0.05) is 25.4 Å². The second-order valence-electron chi connectivity index (χ2n) is 4.76. The summed E-state index contributed by atoms with van der Waals surface area (Å²) in [6.07, 6.45) is 6.78. The van der Waals surface area contributed by atoms with Crippen LogP contribution in [0.2, 0.25) is 0 Å². The Balaban J connectivity index is 1.66. The molecule has 0 atom stereocenters. The standard InChI is InChI=1S/C12H18N4O3/c17-10(18)12(4-2-5-12)16-11(19)15-6-1-3-9-13-7-8-14-9/h7-8H,1-6H2,(H,13,14)(H,17,18)(H2,15,16,19). The van der Waals surface area contributed by atoms with Crippen LogP contribution in [0.3, 0.4) is 0 Å². The van der Waals surface area contributed by atoms with Gasteiger partial charge in [-0.2, -0.15) is 0 Å². The van der Waals surface area contributed by atoms with Gasteiger partial charge in [-0.1, -0.05) is 0 Å². The summed E-state index contributed by atoms with van der Waals surface area (Å²) in [5, 5.41) is 14.3. The quantitative estimate of drug-likeness (QED) is 0.567. The molecule has 0 bridgehead atoms. The summed E-state index contributed by atoms with van der Waals surface area (Å²) in [5.74, 6) is -0.0762. The molecule has 7 heteroatoms. The number of carboxylic acids is 1. The van der Waals surface area contributed by atoms with Crippen molar-refractivity contribution < 1.29 is 14.7 Å². The summed E-state index contributed by atoms with van der Waals surface area (Å²) in [7, 11) is 0. The van der Waals surface area contributed by atoms with Crippen molar-refractivity contribution in [1.82, 2.24) is 20.6 Å². The van der Waals surface area contributed by atoms with E-state index in [9.17, 15) is 9.59 Å². The number of carboxylic acid groups (broad SMARTS) is 1. The maximum absolute atomic E-state index is 11.6. The number of nitrogens with zero attached hydrogens (tertiary/aromatic N) is 1. The molecule has 7 nitrogen and oxygen atoms in total. The topological polar surface area (TPSA) is 107 Å². The molecule has 0 unspecified atom stereocenters. The van der Waals surface area contributed by atoms with Crippen LogP contribution >= 0.6 is 0 Å². The lowest BCUT2D eigenvalue weighted by Gasteiger charge is -2.38. The van der Waals surface area contributed by atoms with E-state index in [1.54, 1.807) is 12.4 Å². The number of nitrogens with one attached hydrogen (secondary N) is 3. The van der Waals surface area contributed by atoms with Crippen molar-refractivity contribution >= 4 is 12.0 Å². The number of aryl methyl sites for hydroxylation is 1. The van der Waals surface area contributed by atoms with Crippen LogP contribution in [0.5, 0.6) is 0 Å². The van der Waals surface area contributed by atoms with Crippen molar-refractivity contribution in [1.29, 1.82) is 0 Å². The van der Waals surface area contributed by atoms with Crippen molar-refractivity contribution in [3.8, 4) is 0 Å². The minimum atomic E-state index is -1.05. The van der Waals surface area contributed by atoms with Gasteiger partial charge in [-0.25, -0.2) is 14.6 Å². The molecule has 1 saturated carbocycles. The van der Waals surface area contributed by atoms with Crippen LogP contribution in [0.1, 0.15) is 31.5 Å². The van der Waals surface area contributed by atoms with Crippen LogP contribution in [0, 0.1) is 0 Å². The fourth-order valence-electron chi connectivity index (χ4n) is 2.08. The molecule has 0 radical (unpaired) electrons. The number of amides is 2. The molecule has 1 aliphatic rings. The third kappa shape index (κ3) is 3.24. The smallest absolute Gasteiger partial charge is 0.329 e. The summed E-state index contributed by atoms with van der Waals surface area (Å²) >= 11 is 0. The minimum absolute atomic E-state index is 0.415. The Hall–Kier alpha value is -2.05. The lowest BCUT2D eigenvalue weighted by molar-refractivity contribution is -0.148. The van der Waals surface area contributed by atoms with Gasteiger partial charge in [0.1, 0.15) is 11.4 Å².